The maximum atomic E-state index is 13.7. The lowest BCUT2D eigenvalue weighted by atomic mass is 10.1. The molecule has 2 aromatic rings. The summed E-state index contributed by atoms with van der Waals surface area (Å²) in [6.07, 6.45) is 1.88. The van der Waals surface area contributed by atoms with Crippen LogP contribution in [0.1, 0.15) is 25.1 Å². The molecule has 1 aromatic carbocycles. The van der Waals surface area contributed by atoms with Crippen LogP contribution in [0.25, 0.3) is 0 Å². The van der Waals surface area contributed by atoms with Crippen LogP contribution in [0, 0.1) is 11.6 Å². The van der Waals surface area contributed by atoms with Gasteiger partial charge in [-0.25, -0.2) is 8.78 Å². The van der Waals surface area contributed by atoms with Crippen molar-refractivity contribution in [2.75, 3.05) is 5.32 Å². The number of pyridine rings is 1. The second kappa shape index (κ2) is 6.10. The summed E-state index contributed by atoms with van der Waals surface area (Å²) in [5, 5.41) is 3.08. The molecule has 0 bridgehead atoms. The summed E-state index contributed by atoms with van der Waals surface area (Å²) in [5.74, 6) is -0.712. The largest absolute Gasteiger partial charge is 0.374 e. The van der Waals surface area contributed by atoms with Crippen molar-refractivity contribution < 1.29 is 8.78 Å². The highest BCUT2D eigenvalue weighted by molar-refractivity contribution is 9.10. The zero-order valence-corrected chi connectivity index (χ0v) is 11.9. The number of aromatic nitrogens is 1. The van der Waals surface area contributed by atoms with Gasteiger partial charge in [0.2, 0.25) is 0 Å². The number of halogens is 3. The predicted octanol–water partition coefficient (Wildman–Crippen LogP) is 4.69. The van der Waals surface area contributed by atoms with E-state index in [9.17, 15) is 8.78 Å². The molecule has 100 valence electrons. The van der Waals surface area contributed by atoms with Crippen LogP contribution in [0.3, 0.4) is 0 Å². The molecule has 19 heavy (non-hydrogen) atoms. The molecule has 0 radical (unpaired) electrons. The molecule has 0 saturated heterocycles. The summed E-state index contributed by atoms with van der Waals surface area (Å²) in [7, 11) is 0. The maximum absolute atomic E-state index is 13.7. The van der Waals surface area contributed by atoms with E-state index in [1.165, 1.54) is 12.1 Å². The predicted molar refractivity (Wildman–Crippen MR) is 74.9 cm³/mol. The van der Waals surface area contributed by atoms with E-state index >= 15 is 0 Å². The zero-order chi connectivity index (χ0) is 13.8. The van der Waals surface area contributed by atoms with Gasteiger partial charge in [0.25, 0.3) is 0 Å². The van der Waals surface area contributed by atoms with E-state index in [-0.39, 0.29) is 17.7 Å². The highest BCUT2D eigenvalue weighted by atomic mass is 79.9. The summed E-state index contributed by atoms with van der Waals surface area (Å²) in [5.41, 5.74) is 1.08. The van der Waals surface area contributed by atoms with Gasteiger partial charge in [0.05, 0.1) is 23.6 Å². The first-order valence-corrected chi connectivity index (χ1v) is 6.72. The van der Waals surface area contributed by atoms with Crippen molar-refractivity contribution in [1.29, 1.82) is 0 Å². The molecule has 1 heterocycles. The van der Waals surface area contributed by atoms with Gasteiger partial charge in [-0.1, -0.05) is 22.9 Å². The summed E-state index contributed by atoms with van der Waals surface area (Å²) < 4.78 is 27.3. The molecule has 2 rings (SSSR count). The highest BCUT2D eigenvalue weighted by Crippen LogP contribution is 2.26. The lowest BCUT2D eigenvalue weighted by Gasteiger charge is -2.18. The molecule has 5 heteroatoms. The van der Waals surface area contributed by atoms with Crippen molar-refractivity contribution in [1.82, 2.24) is 4.98 Å². The lowest BCUT2D eigenvalue weighted by Crippen LogP contribution is -2.12. The Kier molecular flexibility index (Phi) is 4.47. The Morgan fingerprint density at radius 3 is 2.68 bits per heavy atom. The number of hydrogen-bond donors (Lipinski definition) is 1. The topological polar surface area (TPSA) is 24.9 Å². The number of nitrogens with one attached hydrogen (secondary N) is 1. The Labute approximate surface area is 119 Å². The molecule has 0 amide bonds. The molecule has 0 aliphatic rings. The normalized spacial score (nSPS) is 12.2. The standard InChI is InChI=1S/C14H13BrF2N2/c1-2-12(13-6-4-10(16)8-18-13)19-14-7-9(15)3-5-11(14)17/h3-8,12,19H,2H2,1H3. The summed E-state index contributed by atoms with van der Waals surface area (Å²) >= 11 is 3.30. The van der Waals surface area contributed by atoms with Gasteiger partial charge in [0.1, 0.15) is 11.6 Å². The molecule has 1 unspecified atom stereocenters. The Bertz CT molecular complexity index is 558. The zero-order valence-electron chi connectivity index (χ0n) is 10.3. The molecule has 0 spiro atoms. The van der Waals surface area contributed by atoms with Crippen molar-refractivity contribution in [2.45, 2.75) is 19.4 Å². The van der Waals surface area contributed by atoms with E-state index in [0.717, 1.165) is 10.7 Å². The van der Waals surface area contributed by atoms with Crippen molar-refractivity contribution in [3.05, 3.63) is 58.3 Å². The Hall–Kier alpha value is -1.49. The third kappa shape index (κ3) is 3.50. The number of benzene rings is 1. The number of nitrogens with zero attached hydrogens (tertiary/aromatic N) is 1. The van der Waals surface area contributed by atoms with Gasteiger partial charge in [-0.05, 0) is 36.8 Å². The molecule has 1 N–H and O–H groups in total. The third-order valence-electron chi connectivity index (χ3n) is 2.77. The first-order valence-electron chi connectivity index (χ1n) is 5.93. The first-order chi connectivity index (χ1) is 9.10. The second-order valence-electron chi connectivity index (χ2n) is 4.13. The van der Waals surface area contributed by atoms with Crippen LogP contribution < -0.4 is 5.32 Å². The molecule has 0 fully saturated rings. The van der Waals surface area contributed by atoms with E-state index in [2.05, 4.69) is 26.2 Å². The van der Waals surface area contributed by atoms with E-state index in [1.807, 2.05) is 6.92 Å². The van der Waals surface area contributed by atoms with Crippen LogP contribution in [-0.2, 0) is 0 Å². The molecule has 1 aromatic heterocycles. The van der Waals surface area contributed by atoms with Crippen molar-refractivity contribution in [3.63, 3.8) is 0 Å². The lowest BCUT2D eigenvalue weighted by molar-refractivity contribution is 0.609. The minimum Gasteiger partial charge on any atom is -0.374 e. The van der Waals surface area contributed by atoms with E-state index in [0.29, 0.717) is 17.8 Å². The average Bonchev–Trinajstić information content (AvgIpc) is 2.41. The monoisotopic (exact) mass is 326 g/mol. The Morgan fingerprint density at radius 2 is 2.05 bits per heavy atom. The van der Waals surface area contributed by atoms with Gasteiger partial charge >= 0.3 is 0 Å². The van der Waals surface area contributed by atoms with Crippen molar-refractivity contribution >= 4 is 21.6 Å². The molecular weight excluding hydrogens is 314 g/mol. The van der Waals surface area contributed by atoms with Gasteiger partial charge < -0.3 is 5.32 Å². The molecule has 0 aliphatic heterocycles. The average molecular weight is 327 g/mol. The van der Waals surface area contributed by atoms with Crippen LogP contribution in [-0.4, -0.2) is 4.98 Å². The van der Waals surface area contributed by atoms with Crippen LogP contribution in [0.2, 0.25) is 0 Å². The molecule has 1 atom stereocenters. The Morgan fingerprint density at radius 1 is 1.26 bits per heavy atom. The highest BCUT2D eigenvalue weighted by Gasteiger charge is 2.13. The fourth-order valence-corrected chi connectivity index (χ4v) is 2.14. The van der Waals surface area contributed by atoms with Gasteiger partial charge in [-0.15, -0.1) is 0 Å². The van der Waals surface area contributed by atoms with Gasteiger partial charge in [0.15, 0.2) is 0 Å². The molecule has 0 saturated carbocycles. The fraction of sp³-hybridized carbons (Fsp3) is 0.214. The first kappa shape index (κ1) is 13.9. The van der Waals surface area contributed by atoms with Crippen molar-refractivity contribution in [2.24, 2.45) is 0 Å². The van der Waals surface area contributed by atoms with E-state index in [4.69, 9.17) is 0 Å². The van der Waals surface area contributed by atoms with Crippen LogP contribution >= 0.6 is 15.9 Å². The number of hydrogen-bond acceptors (Lipinski definition) is 2. The maximum Gasteiger partial charge on any atom is 0.146 e. The van der Waals surface area contributed by atoms with Crippen LogP contribution in [0.4, 0.5) is 14.5 Å². The van der Waals surface area contributed by atoms with Crippen LogP contribution in [0.15, 0.2) is 41.0 Å². The quantitative estimate of drug-likeness (QED) is 0.881. The van der Waals surface area contributed by atoms with Gasteiger partial charge in [-0.3, -0.25) is 4.98 Å². The van der Waals surface area contributed by atoms with E-state index < -0.39 is 0 Å². The molecular formula is C14H13BrF2N2. The minimum absolute atomic E-state index is 0.163. The smallest absolute Gasteiger partial charge is 0.146 e. The number of anilines is 1. The molecule has 2 nitrogen and oxygen atoms in total. The molecule has 0 aliphatic carbocycles. The third-order valence-corrected chi connectivity index (χ3v) is 3.27. The minimum atomic E-state index is -0.382. The van der Waals surface area contributed by atoms with Gasteiger partial charge in [0, 0.05) is 4.47 Å². The number of rotatable bonds is 4. The fourth-order valence-electron chi connectivity index (χ4n) is 1.77. The van der Waals surface area contributed by atoms with Crippen LogP contribution in [0.5, 0.6) is 0 Å². The summed E-state index contributed by atoms with van der Waals surface area (Å²) in [6.45, 7) is 1.96. The summed E-state index contributed by atoms with van der Waals surface area (Å²) in [6, 6.07) is 7.48. The van der Waals surface area contributed by atoms with E-state index in [1.54, 1.807) is 18.2 Å². The summed E-state index contributed by atoms with van der Waals surface area (Å²) in [4.78, 5) is 4.03. The van der Waals surface area contributed by atoms with Crippen molar-refractivity contribution in [3.8, 4) is 0 Å². The SMILES string of the molecule is CCC(Nc1cc(Br)ccc1F)c1ccc(F)cn1. The Balaban J connectivity index is 2.23. The van der Waals surface area contributed by atoms with Gasteiger partial charge in [-0.2, -0.15) is 0 Å². The second-order valence-corrected chi connectivity index (χ2v) is 5.05.